The molecule has 1 aliphatic heterocycles. The molecule has 1 heterocycles. The number of anilines is 2. The van der Waals surface area contributed by atoms with Gasteiger partial charge in [-0.2, -0.15) is 0 Å². The number of halogens is 2. The van der Waals surface area contributed by atoms with Gasteiger partial charge in [0, 0.05) is 11.8 Å². The van der Waals surface area contributed by atoms with Gasteiger partial charge in [-0.3, -0.25) is 9.59 Å². The highest BCUT2D eigenvalue weighted by molar-refractivity contribution is 6.46. The Kier molecular flexibility index (Phi) is 5.02. The first-order valence-corrected chi connectivity index (χ1v) is 9.03. The molecule has 30 heavy (non-hydrogen) atoms. The van der Waals surface area contributed by atoms with E-state index in [4.69, 9.17) is 4.74 Å². The zero-order valence-electron chi connectivity index (χ0n) is 15.9. The van der Waals surface area contributed by atoms with Gasteiger partial charge in [-0.15, -0.1) is 0 Å². The van der Waals surface area contributed by atoms with Crippen LogP contribution in [0, 0.1) is 11.6 Å². The predicted octanol–water partition coefficient (Wildman–Crippen LogP) is 4.37. The van der Waals surface area contributed by atoms with Crippen LogP contribution in [0.4, 0.5) is 20.2 Å². The molecule has 0 fully saturated rings. The molecule has 3 aromatic rings. The summed E-state index contributed by atoms with van der Waals surface area (Å²) >= 11 is 0. The lowest BCUT2D eigenvalue weighted by Gasteiger charge is -2.15. The molecule has 0 atom stereocenters. The van der Waals surface area contributed by atoms with Gasteiger partial charge in [0.25, 0.3) is 11.8 Å². The fraction of sp³-hybridized carbons (Fsp3) is 0.0435. The summed E-state index contributed by atoms with van der Waals surface area (Å²) < 4.78 is 32.3. The molecule has 0 radical (unpaired) electrons. The lowest BCUT2D eigenvalue weighted by atomic mass is 10.0. The van der Waals surface area contributed by atoms with Crippen molar-refractivity contribution in [2.45, 2.75) is 0 Å². The molecule has 0 aromatic heterocycles. The van der Waals surface area contributed by atoms with Crippen LogP contribution in [0.5, 0.6) is 5.75 Å². The van der Waals surface area contributed by atoms with Crippen molar-refractivity contribution >= 4 is 28.8 Å². The topological polar surface area (TPSA) is 58.6 Å². The Bertz CT molecular complexity index is 1170. The van der Waals surface area contributed by atoms with E-state index in [0.29, 0.717) is 17.0 Å². The van der Waals surface area contributed by atoms with Gasteiger partial charge in [-0.25, -0.2) is 13.7 Å². The van der Waals surface area contributed by atoms with Gasteiger partial charge in [0.05, 0.1) is 18.4 Å². The third kappa shape index (κ3) is 3.53. The predicted molar refractivity (Wildman–Crippen MR) is 109 cm³/mol. The van der Waals surface area contributed by atoms with Crippen LogP contribution >= 0.6 is 0 Å². The Labute approximate surface area is 171 Å². The summed E-state index contributed by atoms with van der Waals surface area (Å²) in [5.41, 5.74) is 1.05. The van der Waals surface area contributed by atoms with E-state index < -0.39 is 23.4 Å². The molecule has 5 nitrogen and oxygen atoms in total. The molecular formula is C23H16F2N2O3. The van der Waals surface area contributed by atoms with Gasteiger partial charge in [0.1, 0.15) is 23.1 Å². The summed E-state index contributed by atoms with van der Waals surface area (Å²) in [6.07, 6.45) is 0. The zero-order valence-corrected chi connectivity index (χ0v) is 15.9. The van der Waals surface area contributed by atoms with Gasteiger partial charge in [0.15, 0.2) is 0 Å². The second kappa shape index (κ2) is 7.79. The summed E-state index contributed by atoms with van der Waals surface area (Å²) in [7, 11) is 1.51. The minimum Gasteiger partial charge on any atom is -0.497 e. The van der Waals surface area contributed by atoms with Crippen LogP contribution in [-0.2, 0) is 9.59 Å². The number of ether oxygens (including phenoxy) is 1. The molecule has 150 valence electrons. The van der Waals surface area contributed by atoms with E-state index in [9.17, 15) is 18.4 Å². The molecule has 0 bridgehead atoms. The van der Waals surface area contributed by atoms with Crippen molar-refractivity contribution in [2.24, 2.45) is 0 Å². The molecular weight excluding hydrogens is 390 g/mol. The Morgan fingerprint density at radius 1 is 0.833 bits per heavy atom. The highest BCUT2D eigenvalue weighted by Gasteiger charge is 2.40. The molecule has 2 amide bonds. The van der Waals surface area contributed by atoms with Gasteiger partial charge in [-0.05, 0) is 48.0 Å². The standard InChI is InChI=1S/C23H16F2N2O3/c1-30-19-7-3-5-17(13-19)26-21-20(14-8-10-15(24)11-9-14)22(28)27(23(21)29)18-6-2-4-16(25)12-18/h2-13,26H,1H3. The second-order valence-electron chi connectivity index (χ2n) is 6.54. The summed E-state index contributed by atoms with van der Waals surface area (Å²) in [5.74, 6) is -1.77. The van der Waals surface area contributed by atoms with Crippen LogP contribution in [0.1, 0.15) is 5.56 Å². The first-order valence-electron chi connectivity index (χ1n) is 9.03. The third-order valence-corrected chi connectivity index (χ3v) is 4.62. The first kappa shape index (κ1) is 19.3. The van der Waals surface area contributed by atoms with Crippen molar-refractivity contribution in [1.82, 2.24) is 0 Å². The number of carbonyl (C=O) groups is 2. The average Bonchev–Trinajstić information content (AvgIpc) is 2.98. The number of benzene rings is 3. The summed E-state index contributed by atoms with van der Waals surface area (Å²) in [6.45, 7) is 0. The molecule has 4 rings (SSSR count). The molecule has 7 heteroatoms. The van der Waals surface area contributed by atoms with Gasteiger partial charge in [0.2, 0.25) is 0 Å². The summed E-state index contributed by atoms with van der Waals surface area (Å²) in [6, 6.07) is 17.3. The van der Waals surface area contributed by atoms with Crippen molar-refractivity contribution in [1.29, 1.82) is 0 Å². The van der Waals surface area contributed by atoms with Crippen molar-refractivity contribution in [2.75, 3.05) is 17.3 Å². The summed E-state index contributed by atoms with van der Waals surface area (Å²) in [5, 5.41) is 2.97. The molecule has 1 aliphatic rings. The quantitative estimate of drug-likeness (QED) is 0.640. The van der Waals surface area contributed by atoms with Gasteiger partial charge in [-0.1, -0.05) is 24.3 Å². The molecule has 0 spiro atoms. The van der Waals surface area contributed by atoms with Gasteiger partial charge >= 0.3 is 0 Å². The molecule has 0 saturated heterocycles. The Morgan fingerprint density at radius 2 is 1.57 bits per heavy atom. The zero-order chi connectivity index (χ0) is 21.3. The molecule has 3 aromatic carbocycles. The number of amides is 2. The van der Waals surface area contributed by atoms with Gasteiger partial charge < -0.3 is 10.1 Å². The number of carbonyl (C=O) groups excluding carboxylic acids is 2. The van der Waals surface area contributed by atoms with Crippen LogP contribution in [0.15, 0.2) is 78.5 Å². The normalized spacial score (nSPS) is 13.8. The Morgan fingerprint density at radius 3 is 2.27 bits per heavy atom. The maximum Gasteiger partial charge on any atom is 0.282 e. The minimum atomic E-state index is -0.646. The van der Waals surface area contributed by atoms with E-state index in [1.807, 2.05) is 0 Å². The van der Waals surface area contributed by atoms with E-state index in [1.165, 1.54) is 49.6 Å². The number of nitrogens with one attached hydrogen (secondary N) is 1. The van der Waals surface area contributed by atoms with E-state index in [1.54, 1.807) is 24.3 Å². The first-order chi connectivity index (χ1) is 14.5. The van der Waals surface area contributed by atoms with E-state index in [-0.39, 0.29) is 17.0 Å². The third-order valence-electron chi connectivity index (χ3n) is 4.62. The number of methoxy groups -OCH3 is 1. The fourth-order valence-corrected chi connectivity index (χ4v) is 3.22. The lowest BCUT2D eigenvalue weighted by molar-refractivity contribution is -0.120. The largest absolute Gasteiger partial charge is 0.497 e. The SMILES string of the molecule is COc1cccc(NC2=C(c3ccc(F)cc3)C(=O)N(c3cccc(F)c3)C2=O)c1. The van der Waals surface area contributed by atoms with Crippen LogP contribution in [-0.4, -0.2) is 18.9 Å². The number of rotatable bonds is 5. The summed E-state index contributed by atoms with van der Waals surface area (Å²) in [4.78, 5) is 27.3. The number of imide groups is 1. The van der Waals surface area contributed by atoms with Crippen molar-refractivity contribution in [3.63, 3.8) is 0 Å². The minimum absolute atomic E-state index is 0.00382. The Hall–Kier alpha value is -4.00. The number of hydrogen-bond donors (Lipinski definition) is 1. The molecule has 0 saturated carbocycles. The van der Waals surface area contributed by atoms with E-state index in [0.717, 1.165) is 11.0 Å². The lowest BCUT2D eigenvalue weighted by Crippen LogP contribution is -2.32. The fourth-order valence-electron chi connectivity index (χ4n) is 3.22. The highest BCUT2D eigenvalue weighted by atomic mass is 19.1. The van der Waals surface area contributed by atoms with E-state index >= 15 is 0 Å². The van der Waals surface area contributed by atoms with Crippen LogP contribution in [0.3, 0.4) is 0 Å². The van der Waals surface area contributed by atoms with Crippen LogP contribution in [0.25, 0.3) is 5.57 Å². The Balaban J connectivity index is 1.82. The van der Waals surface area contributed by atoms with E-state index in [2.05, 4.69) is 5.32 Å². The average molecular weight is 406 g/mol. The number of nitrogens with zero attached hydrogens (tertiary/aromatic N) is 1. The maximum absolute atomic E-state index is 13.7. The van der Waals surface area contributed by atoms with Crippen LogP contribution < -0.4 is 15.0 Å². The number of hydrogen-bond acceptors (Lipinski definition) is 4. The van der Waals surface area contributed by atoms with Crippen molar-refractivity contribution in [3.05, 3.63) is 95.7 Å². The van der Waals surface area contributed by atoms with Crippen LogP contribution in [0.2, 0.25) is 0 Å². The monoisotopic (exact) mass is 406 g/mol. The van der Waals surface area contributed by atoms with Crippen molar-refractivity contribution < 1.29 is 23.1 Å². The maximum atomic E-state index is 13.7. The molecule has 0 unspecified atom stereocenters. The van der Waals surface area contributed by atoms with Crippen molar-refractivity contribution in [3.8, 4) is 5.75 Å². The highest BCUT2D eigenvalue weighted by Crippen LogP contribution is 2.34. The molecule has 0 aliphatic carbocycles. The second-order valence-corrected chi connectivity index (χ2v) is 6.54. The molecule has 1 N–H and O–H groups in total. The smallest absolute Gasteiger partial charge is 0.282 e.